The molecule has 0 radical (unpaired) electrons. The fourth-order valence-electron chi connectivity index (χ4n) is 2.84. The second kappa shape index (κ2) is 5.72. The molecule has 0 amide bonds. The summed E-state index contributed by atoms with van der Waals surface area (Å²) < 4.78 is 0. The third-order valence-electron chi connectivity index (χ3n) is 4.02. The van der Waals surface area contributed by atoms with E-state index in [2.05, 4.69) is 10.2 Å². The lowest BCUT2D eigenvalue weighted by Crippen LogP contribution is -2.56. The van der Waals surface area contributed by atoms with E-state index in [1.165, 1.54) is 51.9 Å². The zero-order valence-electron chi connectivity index (χ0n) is 9.15. The minimum Gasteiger partial charge on any atom is -0.312 e. The van der Waals surface area contributed by atoms with E-state index in [1.807, 2.05) is 0 Å². The largest absolute Gasteiger partial charge is 0.312 e. The molecule has 0 unspecified atom stereocenters. The number of nitrogens with one attached hydrogen (secondary N) is 1. The molecule has 3 heterocycles. The Balaban J connectivity index is 0.000000562. The Bertz CT molecular complexity index is 189. The molecule has 1 saturated carbocycles. The molecule has 0 aromatic carbocycles. The molecule has 4 aliphatic rings. The lowest BCUT2D eigenvalue weighted by atomic mass is 9.84. The van der Waals surface area contributed by atoms with Crippen LogP contribution in [0.3, 0.4) is 0 Å². The third kappa shape index (κ3) is 3.23. The van der Waals surface area contributed by atoms with E-state index in [0.29, 0.717) is 0 Å². The van der Waals surface area contributed by atoms with E-state index < -0.39 is 0 Å². The molecule has 15 heavy (non-hydrogen) atoms. The van der Waals surface area contributed by atoms with E-state index in [1.54, 1.807) is 0 Å². The maximum Gasteiger partial charge on any atom is 0.0224 e. The molecule has 1 aliphatic carbocycles. The molecule has 4 rings (SSSR count). The lowest BCUT2D eigenvalue weighted by Gasteiger charge is -2.45. The fraction of sp³-hybridized carbons (Fsp3) is 1.00. The van der Waals surface area contributed by atoms with Gasteiger partial charge in [0.1, 0.15) is 0 Å². The summed E-state index contributed by atoms with van der Waals surface area (Å²) in [4.78, 5) is 2.63. The van der Waals surface area contributed by atoms with Crippen LogP contribution in [0.25, 0.3) is 0 Å². The summed E-state index contributed by atoms with van der Waals surface area (Å²) in [6.45, 7) is 5.37. The minimum absolute atomic E-state index is 0. The Morgan fingerprint density at radius 3 is 2.13 bits per heavy atom. The molecule has 0 aromatic heterocycles. The Labute approximate surface area is 105 Å². The van der Waals surface area contributed by atoms with E-state index >= 15 is 0 Å². The van der Waals surface area contributed by atoms with Gasteiger partial charge >= 0.3 is 0 Å². The standard InChI is InChI=1S/C11H20N2.2ClH/c1-2-9(1)7-12-11-8-13-5-3-10(11)4-6-13;;/h9-12H,1-8H2;2*1H/t11-;;/m1../s1. The number of rotatable bonds is 3. The highest BCUT2D eigenvalue weighted by Gasteiger charge is 2.34. The van der Waals surface area contributed by atoms with Gasteiger partial charge in [0.2, 0.25) is 0 Å². The van der Waals surface area contributed by atoms with Crippen molar-refractivity contribution in [2.45, 2.75) is 31.7 Å². The number of halogens is 2. The van der Waals surface area contributed by atoms with Crippen LogP contribution in [0.2, 0.25) is 0 Å². The molecule has 2 bridgehead atoms. The summed E-state index contributed by atoms with van der Waals surface area (Å²) >= 11 is 0. The van der Waals surface area contributed by atoms with E-state index in [4.69, 9.17) is 0 Å². The summed E-state index contributed by atoms with van der Waals surface area (Å²) in [5.74, 6) is 2.04. The zero-order valence-corrected chi connectivity index (χ0v) is 10.8. The molecule has 0 aromatic rings. The lowest BCUT2D eigenvalue weighted by molar-refractivity contribution is 0.0723. The van der Waals surface area contributed by atoms with Crippen LogP contribution in [-0.4, -0.2) is 37.1 Å². The van der Waals surface area contributed by atoms with Crippen molar-refractivity contribution in [2.24, 2.45) is 11.8 Å². The third-order valence-corrected chi connectivity index (χ3v) is 4.02. The summed E-state index contributed by atoms with van der Waals surface area (Å²) in [6, 6.07) is 0.836. The Kier molecular flexibility index (Phi) is 5.17. The van der Waals surface area contributed by atoms with Crippen molar-refractivity contribution in [2.75, 3.05) is 26.2 Å². The Morgan fingerprint density at radius 1 is 1.00 bits per heavy atom. The molecule has 0 spiro atoms. The van der Waals surface area contributed by atoms with Crippen molar-refractivity contribution < 1.29 is 0 Å². The number of hydrogen-bond donors (Lipinski definition) is 1. The van der Waals surface area contributed by atoms with Crippen LogP contribution in [0, 0.1) is 11.8 Å². The van der Waals surface area contributed by atoms with Gasteiger partial charge in [0, 0.05) is 12.6 Å². The molecule has 90 valence electrons. The maximum absolute atomic E-state index is 3.77. The predicted molar refractivity (Wildman–Crippen MR) is 68.2 cm³/mol. The first kappa shape index (κ1) is 13.6. The minimum atomic E-state index is 0. The van der Waals surface area contributed by atoms with Gasteiger partial charge in [-0.2, -0.15) is 0 Å². The normalized spacial score (nSPS) is 38.0. The molecular weight excluding hydrogens is 231 g/mol. The molecule has 1 atom stereocenters. The van der Waals surface area contributed by atoms with Crippen molar-refractivity contribution in [1.29, 1.82) is 0 Å². The number of fused-ring (bicyclic) bond motifs is 3. The van der Waals surface area contributed by atoms with Crippen molar-refractivity contribution in [3.05, 3.63) is 0 Å². The van der Waals surface area contributed by atoms with Crippen molar-refractivity contribution in [3.8, 4) is 0 Å². The van der Waals surface area contributed by atoms with Crippen LogP contribution >= 0.6 is 24.8 Å². The summed E-state index contributed by atoms with van der Waals surface area (Å²) in [5, 5.41) is 3.77. The van der Waals surface area contributed by atoms with E-state index in [-0.39, 0.29) is 24.8 Å². The maximum atomic E-state index is 3.77. The summed E-state index contributed by atoms with van der Waals surface area (Å²) in [6.07, 6.45) is 5.85. The average Bonchev–Trinajstić information content (AvgIpc) is 3.00. The topological polar surface area (TPSA) is 15.3 Å². The first-order valence-electron chi connectivity index (χ1n) is 5.87. The van der Waals surface area contributed by atoms with Gasteiger partial charge < -0.3 is 10.2 Å². The van der Waals surface area contributed by atoms with E-state index in [0.717, 1.165) is 17.9 Å². The van der Waals surface area contributed by atoms with Gasteiger partial charge in [-0.3, -0.25) is 0 Å². The summed E-state index contributed by atoms with van der Waals surface area (Å²) in [5.41, 5.74) is 0. The van der Waals surface area contributed by atoms with Crippen LogP contribution in [0.4, 0.5) is 0 Å². The van der Waals surface area contributed by atoms with Crippen molar-refractivity contribution >= 4 is 24.8 Å². The molecule has 3 aliphatic heterocycles. The molecular formula is C11H22Cl2N2. The van der Waals surface area contributed by atoms with Crippen LogP contribution in [0.5, 0.6) is 0 Å². The molecule has 4 heteroatoms. The molecule has 1 N–H and O–H groups in total. The predicted octanol–water partition coefficient (Wildman–Crippen LogP) is 1.92. The van der Waals surface area contributed by atoms with Gasteiger partial charge in [0.25, 0.3) is 0 Å². The van der Waals surface area contributed by atoms with Gasteiger partial charge in [0.15, 0.2) is 0 Å². The second-order valence-electron chi connectivity index (χ2n) is 5.10. The number of hydrogen-bond acceptors (Lipinski definition) is 2. The Hall–Kier alpha value is 0.500. The van der Waals surface area contributed by atoms with Crippen LogP contribution in [0.15, 0.2) is 0 Å². The van der Waals surface area contributed by atoms with E-state index in [9.17, 15) is 0 Å². The highest BCUT2D eigenvalue weighted by atomic mass is 35.5. The van der Waals surface area contributed by atoms with Gasteiger partial charge in [-0.25, -0.2) is 0 Å². The van der Waals surface area contributed by atoms with Gasteiger partial charge in [-0.05, 0) is 57.2 Å². The first-order chi connectivity index (χ1) is 6.42. The van der Waals surface area contributed by atoms with Gasteiger partial charge in [-0.1, -0.05) is 0 Å². The number of piperidine rings is 3. The monoisotopic (exact) mass is 252 g/mol. The molecule has 3 saturated heterocycles. The van der Waals surface area contributed by atoms with Crippen LogP contribution in [-0.2, 0) is 0 Å². The van der Waals surface area contributed by atoms with Crippen molar-refractivity contribution in [3.63, 3.8) is 0 Å². The smallest absolute Gasteiger partial charge is 0.0224 e. The Morgan fingerprint density at radius 2 is 1.67 bits per heavy atom. The quantitative estimate of drug-likeness (QED) is 0.826. The summed E-state index contributed by atoms with van der Waals surface area (Å²) in [7, 11) is 0. The van der Waals surface area contributed by atoms with Crippen LogP contribution in [0.1, 0.15) is 25.7 Å². The molecule has 2 nitrogen and oxygen atoms in total. The average molecular weight is 253 g/mol. The molecule has 4 fully saturated rings. The SMILES string of the molecule is C1CC1CN[C@@H]1CN2CCC1CC2.Cl.Cl. The fourth-order valence-corrected chi connectivity index (χ4v) is 2.84. The van der Waals surface area contributed by atoms with Crippen molar-refractivity contribution in [1.82, 2.24) is 10.2 Å². The highest BCUT2D eigenvalue weighted by molar-refractivity contribution is 5.85. The van der Waals surface area contributed by atoms with Gasteiger partial charge in [-0.15, -0.1) is 24.8 Å². The second-order valence-corrected chi connectivity index (χ2v) is 5.10. The van der Waals surface area contributed by atoms with Gasteiger partial charge in [0.05, 0.1) is 0 Å². The van der Waals surface area contributed by atoms with Crippen LogP contribution < -0.4 is 5.32 Å². The number of nitrogens with zero attached hydrogens (tertiary/aromatic N) is 1. The highest BCUT2D eigenvalue weighted by Crippen LogP contribution is 2.30. The zero-order chi connectivity index (χ0) is 8.67. The first-order valence-corrected chi connectivity index (χ1v) is 5.87.